The first-order valence-electron chi connectivity index (χ1n) is 8.20. The molecule has 22 heavy (non-hydrogen) atoms. The Kier molecular flexibility index (Phi) is 4.37. The number of anilines is 1. The molecule has 1 aliphatic carbocycles. The molecule has 0 spiro atoms. The summed E-state index contributed by atoms with van der Waals surface area (Å²) in [5.41, 5.74) is 7.44. The van der Waals surface area contributed by atoms with Gasteiger partial charge in [0.05, 0.1) is 5.39 Å². The zero-order valence-electron chi connectivity index (χ0n) is 13.8. The summed E-state index contributed by atoms with van der Waals surface area (Å²) in [6.45, 7) is 8.65. The van der Waals surface area contributed by atoms with Gasteiger partial charge in [-0.3, -0.25) is 0 Å². The minimum absolute atomic E-state index is 0.377. The molecule has 3 N–H and O–H groups in total. The maximum atomic E-state index is 5.58. The first-order valence-corrected chi connectivity index (χ1v) is 9.01. The van der Waals surface area contributed by atoms with Crippen molar-refractivity contribution >= 4 is 27.4 Å². The lowest BCUT2D eigenvalue weighted by Crippen LogP contribution is -2.26. The van der Waals surface area contributed by atoms with Crippen LogP contribution in [0, 0.1) is 11.3 Å². The summed E-state index contributed by atoms with van der Waals surface area (Å²) in [7, 11) is 0. The van der Waals surface area contributed by atoms with E-state index in [1.54, 1.807) is 6.33 Å². The molecule has 0 saturated carbocycles. The van der Waals surface area contributed by atoms with Crippen LogP contribution in [-0.2, 0) is 12.8 Å². The Morgan fingerprint density at radius 3 is 2.91 bits per heavy atom. The number of nitrogens with two attached hydrogens (primary N) is 1. The minimum atomic E-state index is 0.377. The summed E-state index contributed by atoms with van der Waals surface area (Å²) in [6.07, 6.45) is 6.23. The van der Waals surface area contributed by atoms with Gasteiger partial charge < -0.3 is 11.1 Å². The monoisotopic (exact) mass is 318 g/mol. The summed E-state index contributed by atoms with van der Waals surface area (Å²) >= 11 is 1.86. The van der Waals surface area contributed by atoms with Gasteiger partial charge in [-0.15, -0.1) is 11.3 Å². The van der Waals surface area contributed by atoms with Gasteiger partial charge in [0.1, 0.15) is 17.0 Å². The van der Waals surface area contributed by atoms with Crippen molar-refractivity contribution in [3.05, 3.63) is 16.8 Å². The molecular weight excluding hydrogens is 292 g/mol. The van der Waals surface area contributed by atoms with Crippen LogP contribution in [0.5, 0.6) is 0 Å². The van der Waals surface area contributed by atoms with E-state index in [1.165, 1.54) is 28.7 Å². The zero-order valence-corrected chi connectivity index (χ0v) is 14.6. The summed E-state index contributed by atoms with van der Waals surface area (Å²) in [5, 5.41) is 4.70. The van der Waals surface area contributed by atoms with Crippen LogP contribution >= 0.6 is 11.3 Å². The van der Waals surface area contributed by atoms with E-state index in [1.807, 2.05) is 11.3 Å². The maximum Gasteiger partial charge on any atom is 0.138 e. The van der Waals surface area contributed by atoms with Crippen LogP contribution in [0.25, 0.3) is 10.2 Å². The molecule has 0 aliphatic heterocycles. The van der Waals surface area contributed by atoms with Crippen molar-refractivity contribution in [2.75, 3.05) is 18.4 Å². The Labute approximate surface area is 136 Å². The Hall–Kier alpha value is -1.20. The van der Waals surface area contributed by atoms with Crippen molar-refractivity contribution in [3.63, 3.8) is 0 Å². The summed E-state index contributed by atoms with van der Waals surface area (Å²) < 4.78 is 0. The predicted octanol–water partition coefficient (Wildman–Crippen LogP) is 3.60. The lowest BCUT2D eigenvalue weighted by molar-refractivity contribution is 0.218. The standard InChI is InChI=1S/C17H26N4S/c1-17(2,3)11-5-6-12-13(9-11)22-16-14(12)15(20-10-21-16)19-8-4-7-18/h10-11H,4-9,18H2,1-3H3,(H,19,20,21). The number of nitrogens with zero attached hydrogens (tertiary/aromatic N) is 2. The fourth-order valence-electron chi connectivity index (χ4n) is 3.29. The van der Waals surface area contributed by atoms with Gasteiger partial charge in [0.2, 0.25) is 0 Å². The Morgan fingerprint density at radius 1 is 1.36 bits per heavy atom. The van der Waals surface area contributed by atoms with Crippen LogP contribution in [0.15, 0.2) is 6.33 Å². The van der Waals surface area contributed by atoms with Crippen LogP contribution in [0.1, 0.15) is 44.1 Å². The maximum absolute atomic E-state index is 5.58. The van der Waals surface area contributed by atoms with Gasteiger partial charge in [-0.25, -0.2) is 9.97 Å². The molecule has 2 aromatic heterocycles. The number of rotatable bonds is 4. The predicted molar refractivity (Wildman–Crippen MR) is 94.5 cm³/mol. The highest BCUT2D eigenvalue weighted by Crippen LogP contribution is 2.44. The van der Waals surface area contributed by atoms with E-state index < -0.39 is 0 Å². The topological polar surface area (TPSA) is 63.8 Å². The number of hydrogen-bond acceptors (Lipinski definition) is 5. The van der Waals surface area contributed by atoms with Crippen molar-refractivity contribution in [1.29, 1.82) is 0 Å². The Balaban J connectivity index is 1.94. The molecule has 0 aromatic carbocycles. The fourth-order valence-corrected chi connectivity index (χ4v) is 4.56. The Morgan fingerprint density at radius 2 is 2.18 bits per heavy atom. The number of fused-ring (bicyclic) bond motifs is 3. The zero-order chi connectivity index (χ0) is 15.7. The summed E-state index contributed by atoms with van der Waals surface area (Å²) in [4.78, 5) is 11.6. The second kappa shape index (κ2) is 6.13. The average molecular weight is 318 g/mol. The van der Waals surface area contributed by atoms with Crippen LogP contribution in [-0.4, -0.2) is 23.1 Å². The molecule has 1 aliphatic rings. The minimum Gasteiger partial charge on any atom is -0.369 e. The molecule has 0 fully saturated rings. The third kappa shape index (κ3) is 2.97. The molecule has 1 unspecified atom stereocenters. The quantitative estimate of drug-likeness (QED) is 0.845. The highest BCUT2D eigenvalue weighted by molar-refractivity contribution is 7.19. The molecule has 5 heteroatoms. The summed E-state index contributed by atoms with van der Waals surface area (Å²) in [5.74, 6) is 1.75. The Bertz CT molecular complexity index is 656. The van der Waals surface area contributed by atoms with Gasteiger partial charge in [-0.05, 0) is 49.1 Å². The van der Waals surface area contributed by atoms with Crippen molar-refractivity contribution in [1.82, 2.24) is 9.97 Å². The second-order valence-corrected chi connectivity index (χ2v) is 8.36. The van der Waals surface area contributed by atoms with Crippen molar-refractivity contribution in [3.8, 4) is 0 Å². The number of thiophene rings is 1. The van der Waals surface area contributed by atoms with Gasteiger partial charge >= 0.3 is 0 Å². The molecule has 0 radical (unpaired) electrons. The number of hydrogen-bond donors (Lipinski definition) is 2. The highest BCUT2D eigenvalue weighted by atomic mass is 32.1. The van der Waals surface area contributed by atoms with Gasteiger partial charge in [0.15, 0.2) is 0 Å². The SMILES string of the molecule is CC(C)(C)C1CCc2c(sc3ncnc(NCCCN)c23)C1. The molecule has 2 aromatic rings. The van der Waals surface area contributed by atoms with Crippen LogP contribution in [0.2, 0.25) is 0 Å². The first kappa shape index (κ1) is 15.7. The second-order valence-electron chi connectivity index (χ2n) is 7.28. The van der Waals surface area contributed by atoms with Crippen molar-refractivity contribution in [2.45, 2.75) is 46.5 Å². The average Bonchev–Trinajstić information content (AvgIpc) is 2.85. The molecule has 0 bridgehead atoms. The van der Waals surface area contributed by atoms with E-state index in [2.05, 4.69) is 36.1 Å². The lowest BCUT2D eigenvalue weighted by atomic mass is 9.72. The van der Waals surface area contributed by atoms with Crippen LogP contribution in [0.3, 0.4) is 0 Å². The number of aromatic nitrogens is 2. The molecular formula is C17H26N4S. The van der Waals surface area contributed by atoms with Crippen molar-refractivity contribution in [2.24, 2.45) is 17.1 Å². The molecule has 4 nitrogen and oxygen atoms in total. The fraction of sp³-hybridized carbons (Fsp3) is 0.647. The van der Waals surface area contributed by atoms with Gasteiger partial charge in [-0.1, -0.05) is 20.8 Å². The molecule has 0 amide bonds. The normalized spacial score (nSPS) is 18.5. The first-order chi connectivity index (χ1) is 10.5. The van der Waals surface area contributed by atoms with Crippen molar-refractivity contribution < 1.29 is 0 Å². The molecule has 120 valence electrons. The molecule has 3 rings (SSSR count). The smallest absolute Gasteiger partial charge is 0.138 e. The molecule has 0 saturated heterocycles. The number of nitrogens with one attached hydrogen (secondary N) is 1. The third-order valence-electron chi connectivity index (χ3n) is 4.74. The van der Waals surface area contributed by atoms with E-state index in [0.29, 0.717) is 12.0 Å². The van der Waals surface area contributed by atoms with Crippen LogP contribution < -0.4 is 11.1 Å². The van der Waals surface area contributed by atoms with E-state index in [0.717, 1.165) is 36.0 Å². The van der Waals surface area contributed by atoms with E-state index in [4.69, 9.17) is 5.73 Å². The summed E-state index contributed by atoms with van der Waals surface area (Å²) in [6, 6.07) is 0. The van der Waals surface area contributed by atoms with E-state index >= 15 is 0 Å². The number of aryl methyl sites for hydroxylation is 1. The molecule has 1 atom stereocenters. The van der Waals surface area contributed by atoms with Gasteiger partial charge in [0, 0.05) is 11.4 Å². The van der Waals surface area contributed by atoms with Gasteiger partial charge in [0.25, 0.3) is 0 Å². The highest BCUT2D eigenvalue weighted by Gasteiger charge is 2.31. The van der Waals surface area contributed by atoms with Crippen LogP contribution in [0.4, 0.5) is 5.82 Å². The van der Waals surface area contributed by atoms with E-state index in [9.17, 15) is 0 Å². The molecule has 2 heterocycles. The van der Waals surface area contributed by atoms with E-state index in [-0.39, 0.29) is 0 Å². The lowest BCUT2D eigenvalue weighted by Gasteiger charge is -2.33. The largest absolute Gasteiger partial charge is 0.369 e. The third-order valence-corrected chi connectivity index (χ3v) is 5.91. The van der Waals surface area contributed by atoms with Gasteiger partial charge in [-0.2, -0.15) is 0 Å².